The summed E-state index contributed by atoms with van der Waals surface area (Å²) in [6.07, 6.45) is 1.57. The maximum atomic E-state index is 10.1. The van der Waals surface area contributed by atoms with Gasteiger partial charge in [0, 0.05) is 11.1 Å². The molecular formula is C27H26O8. The van der Waals surface area contributed by atoms with Crippen LogP contribution in [0.5, 0.6) is 28.7 Å². The first-order chi connectivity index (χ1) is 17.0. The molecule has 8 heteroatoms. The zero-order chi connectivity index (χ0) is 24.5. The van der Waals surface area contributed by atoms with E-state index in [0.29, 0.717) is 22.8 Å². The van der Waals surface area contributed by atoms with Crippen LogP contribution in [0, 0.1) is 0 Å². The van der Waals surface area contributed by atoms with E-state index < -0.39 is 18.3 Å². The summed E-state index contributed by atoms with van der Waals surface area (Å²) in [6, 6.07) is 15.4. The largest absolute Gasteiger partial charge is 0.504 e. The van der Waals surface area contributed by atoms with Gasteiger partial charge in [-0.15, -0.1) is 0 Å². The second-order valence-electron chi connectivity index (χ2n) is 8.54. The van der Waals surface area contributed by atoms with Crippen LogP contribution >= 0.6 is 0 Å². The maximum Gasteiger partial charge on any atom is 0.163 e. The number of phenolic OH excluding ortho intramolecular Hbond substituents is 2. The Morgan fingerprint density at radius 1 is 0.686 bits per heavy atom. The van der Waals surface area contributed by atoms with Crippen LogP contribution in [0.2, 0.25) is 0 Å². The van der Waals surface area contributed by atoms with Crippen molar-refractivity contribution in [2.75, 3.05) is 19.8 Å². The zero-order valence-electron chi connectivity index (χ0n) is 18.7. The smallest absolute Gasteiger partial charge is 0.163 e. The van der Waals surface area contributed by atoms with E-state index in [-0.39, 0.29) is 37.2 Å². The lowest BCUT2D eigenvalue weighted by Crippen LogP contribution is -2.36. The Hall–Kier alpha value is -3.72. The Labute approximate surface area is 201 Å². The molecule has 2 heterocycles. The molecule has 2 aliphatic heterocycles. The lowest BCUT2D eigenvalue weighted by Gasteiger charge is -2.34. The minimum atomic E-state index is -0.738. The third-order valence-corrected chi connectivity index (χ3v) is 6.34. The van der Waals surface area contributed by atoms with E-state index in [9.17, 15) is 20.4 Å². The normalized spacial score (nSPS) is 22.7. The van der Waals surface area contributed by atoms with Crippen LogP contribution in [0.15, 0.2) is 60.7 Å². The van der Waals surface area contributed by atoms with Crippen LogP contribution in [-0.2, 0) is 0 Å². The molecule has 0 radical (unpaired) electrons. The molecule has 3 aromatic carbocycles. The predicted molar refractivity (Wildman–Crippen MR) is 127 cm³/mol. The molecule has 4 unspecified atom stereocenters. The summed E-state index contributed by atoms with van der Waals surface area (Å²) in [5.41, 5.74) is 3.12. The molecule has 2 aliphatic rings. The Morgan fingerprint density at radius 3 is 2.20 bits per heavy atom. The second kappa shape index (κ2) is 9.50. The molecule has 182 valence electrons. The first kappa shape index (κ1) is 23.0. The van der Waals surface area contributed by atoms with Gasteiger partial charge in [-0.3, -0.25) is 0 Å². The van der Waals surface area contributed by atoms with Crippen LogP contribution in [0.1, 0.15) is 40.4 Å². The highest BCUT2D eigenvalue weighted by atomic mass is 16.6. The van der Waals surface area contributed by atoms with Crippen molar-refractivity contribution < 1.29 is 39.7 Å². The number of aromatic hydroxyl groups is 2. The quantitative estimate of drug-likeness (QED) is 0.342. The lowest BCUT2D eigenvalue weighted by molar-refractivity contribution is -0.0126. The van der Waals surface area contributed by atoms with Gasteiger partial charge in [0.25, 0.3) is 0 Å². The molecule has 0 saturated heterocycles. The Morgan fingerprint density at radius 2 is 1.46 bits per heavy atom. The topological polar surface area (TPSA) is 129 Å². The van der Waals surface area contributed by atoms with E-state index >= 15 is 0 Å². The number of hydrogen-bond acceptors (Lipinski definition) is 8. The van der Waals surface area contributed by atoms with Gasteiger partial charge in [-0.2, -0.15) is 0 Å². The molecule has 0 fully saturated rings. The number of aliphatic hydroxyl groups is 3. The number of hydrogen-bond donors (Lipinski definition) is 5. The SMILES string of the molecule is OCC=Cc1ccc2c(c1)OC(c1ccc3c(c1)OC(CO)C(c1ccc(O)c(O)c1)O3)C2CO. The van der Waals surface area contributed by atoms with Crippen LogP contribution in [-0.4, -0.2) is 51.5 Å². The average molecular weight is 478 g/mol. The summed E-state index contributed by atoms with van der Waals surface area (Å²) in [5, 5.41) is 48.6. The van der Waals surface area contributed by atoms with Crippen LogP contribution < -0.4 is 14.2 Å². The highest BCUT2D eigenvalue weighted by Gasteiger charge is 2.38. The van der Waals surface area contributed by atoms with Gasteiger partial charge in [-0.1, -0.05) is 36.4 Å². The van der Waals surface area contributed by atoms with Crippen molar-refractivity contribution in [3.05, 3.63) is 82.9 Å². The minimum Gasteiger partial charge on any atom is -0.504 e. The summed E-state index contributed by atoms with van der Waals surface area (Å²) in [7, 11) is 0. The first-order valence-electron chi connectivity index (χ1n) is 11.3. The van der Waals surface area contributed by atoms with Gasteiger partial charge in [-0.25, -0.2) is 0 Å². The fourth-order valence-corrected chi connectivity index (χ4v) is 4.59. The summed E-state index contributed by atoms with van der Waals surface area (Å²) >= 11 is 0. The molecule has 5 N–H and O–H groups in total. The predicted octanol–water partition coefficient (Wildman–Crippen LogP) is 3.19. The number of ether oxygens (including phenoxy) is 3. The van der Waals surface area contributed by atoms with Crippen molar-refractivity contribution in [1.29, 1.82) is 0 Å². The summed E-state index contributed by atoms with van der Waals surface area (Å²) in [5.74, 6) is 0.761. The maximum absolute atomic E-state index is 10.1. The standard InChI is InChI=1S/C27H26O8/c28-9-1-2-15-3-6-18-19(13-29)26(35-23(18)10-15)17-5-8-22-24(12-17)33-25(14-30)27(34-22)16-4-7-20(31)21(32)11-16/h1-8,10-12,19,25-32H,9,13-14H2. The van der Waals surface area contributed by atoms with Gasteiger partial charge in [0.1, 0.15) is 11.9 Å². The van der Waals surface area contributed by atoms with E-state index in [0.717, 1.165) is 16.7 Å². The Kier molecular flexibility index (Phi) is 6.25. The van der Waals surface area contributed by atoms with Gasteiger partial charge in [0.2, 0.25) is 0 Å². The molecule has 0 amide bonds. The fraction of sp³-hybridized carbons (Fsp3) is 0.259. The Balaban J connectivity index is 1.42. The number of phenols is 2. The molecule has 0 spiro atoms. The highest BCUT2D eigenvalue weighted by Crippen LogP contribution is 2.49. The van der Waals surface area contributed by atoms with Gasteiger partial charge < -0.3 is 39.7 Å². The first-order valence-corrected chi connectivity index (χ1v) is 11.3. The molecule has 3 aromatic rings. The van der Waals surface area contributed by atoms with E-state index in [1.165, 1.54) is 12.1 Å². The number of rotatable bonds is 6. The van der Waals surface area contributed by atoms with Gasteiger partial charge in [0.15, 0.2) is 35.2 Å². The van der Waals surface area contributed by atoms with Crippen molar-refractivity contribution >= 4 is 6.08 Å². The summed E-state index contributed by atoms with van der Waals surface area (Å²) in [6.45, 7) is -0.491. The van der Waals surface area contributed by atoms with Crippen LogP contribution in [0.3, 0.4) is 0 Å². The molecule has 35 heavy (non-hydrogen) atoms. The zero-order valence-corrected chi connectivity index (χ0v) is 18.7. The number of aliphatic hydroxyl groups excluding tert-OH is 3. The highest BCUT2D eigenvalue weighted by molar-refractivity contribution is 5.57. The molecular weight excluding hydrogens is 452 g/mol. The van der Waals surface area contributed by atoms with Gasteiger partial charge in [-0.05, 0) is 41.5 Å². The number of benzene rings is 3. The van der Waals surface area contributed by atoms with Gasteiger partial charge >= 0.3 is 0 Å². The minimum absolute atomic E-state index is 0.0549. The van der Waals surface area contributed by atoms with E-state index in [4.69, 9.17) is 19.3 Å². The van der Waals surface area contributed by atoms with Crippen molar-refractivity contribution in [3.63, 3.8) is 0 Å². The monoisotopic (exact) mass is 478 g/mol. The molecule has 0 aromatic heterocycles. The van der Waals surface area contributed by atoms with Crippen LogP contribution in [0.25, 0.3) is 6.08 Å². The van der Waals surface area contributed by atoms with E-state index in [2.05, 4.69) is 0 Å². The fourth-order valence-electron chi connectivity index (χ4n) is 4.59. The third-order valence-electron chi connectivity index (χ3n) is 6.34. The van der Waals surface area contributed by atoms with E-state index in [1.54, 1.807) is 30.4 Å². The molecule has 0 aliphatic carbocycles. The number of fused-ring (bicyclic) bond motifs is 2. The molecule has 8 nitrogen and oxygen atoms in total. The van der Waals surface area contributed by atoms with Crippen molar-refractivity contribution in [1.82, 2.24) is 0 Å². The average Bonchev–Trinajstić information content (AvgIpc) is 3.25. The van der Waals surface area contributed by atoms with E-state index in [1.807, 2.05) is 24.3 Å². The molecule has 0 bridgehead atoms. The Bertz CT molecular complexity index is 1250. The molecule has 0 saturated carbocycles. The van der Waals surface area contributed by atoms with Crippen molar-refractivity contribution in [3.8, 4) is 28.7 Å². The summed E-state index contributed by atoms with van der Waals surface area (Å²) in [4.78, 5) is 0. The molecule has 4 atom stereocenters. The molecule has 5 rings (SSSR count). The van der Waals surface area contributed by atoms with Crippen molar-refractivity contribution in [2.45, 2.75) is 24.2 Å². The van der Waals surface area contributed by atoms with Crippen LogP contribution in [0.4, 0.5) is 0 Å². The van der Waals surface area contributed by atoms with Gasteiger partial charge in [0.05, 0.1) is 25.7 Å². The van der Waals surface area contributed by atoms with Crippen molar-refractivity contribution in [2.24, 2.45) is 0 Å². The second-order valence-corrected chi connectivity index (χ2v) is 8.54. The third kappa shape index (κ3) is 4.27. The summed E-state index contributed by atoms with van der Waals surface area (Å²) < 4.78 is 18.4. The lowest BCUT2D eigenvalue weighted by atomic mass is 9.91.